The Morgan fingerprint density at radius 2 is 1.92 bits per heavy atom. The van der Waals surface area contributed by atoms with Gasteiger partial charge in [0.1, 0.15) is 5.69 Å². The van der Waals surface area contributed by atoms with Crippen LogP contribution in [0, 0.1) is 0 Å². The van der Waals surface area contributed by atoms with Crippen molar-refractivity contribution < 1.29 is 13.2 Å². The van der Waals surface area contributed by atoms with Gasteiger partial charge in [-0.15, -0.1) is 5.10 Å². The predicted octanol–water partition coefficient (Wildman–Crippen LogP) is 0.611. The van der Waals surface area contributed by atoms with Crippen LogP contribution in [0.25, 0.3) is 5.69 Å². The molecule has 2 aromatic rings. The van der Waals surface area contributed by atoms with Gasteiger partial charge in [0.25, 0.3) is 0 Å². The Bertz CT molecular complexity index is 873. The lowest BCUT2D eigenvalue weighted by atomic mass is 9.95. The van der Waals surface area contributed by atoms with Gasteiger partial charge in [-0.25, -0.2) is 13.1 Å². The minimum atomic E-state index is -3.55. The van der Waals surface area contributed by atoms with Gasteiger partial charge in [-0.2, -0.15) is 0 Å². The molecule has 1 unspecified atom stereocenters. The molecule has 1 atom stereocenters. The molecule has 0 bridgehead atoms. The predicted molar refractivity (Wildman–Crippen MR) is 97.6 cm³/mol. The fourth-order valence-corrected chi connectivity index (χ4v) is 4.52. The highest BCUT2D eigenvalue weighted by Gasteiger charge is 2.49. The number of hydrogen-bond donors (Lipinski definition) is 2. The van der Waals surface area contributed by atoms with Crippen molar-refractivity contribution in [3.8, 4) is 5.69 Å². The smallest absolute Gasteiger partial charge is 0.242 e. The molecule has 1 saturated heterocycles. The Morgan fingerprint density at radius 3 is 2.54 bits per heavy atom. The van der Waals surface area contributed by atoms with Crippen LogP contribution < -0.4 is 10.6 Å². The Balaban J connectivity index is 1.78. The molecule has 26 heavy (non-hydrogen) atoms. The van der Waals surface area contributed by atoms with E-state index in [4.69, 9.17) is 0 Å². The number of sulfone groups is 1. The van der Waals surface area contributed by atoms with Crippen molar-refractivity contribution >= 4 is 15.7 Å². The molecule has 0 saturated carbocycles. The van der Waals surface area contributed by atoms with E-state index in [9.17, 15) is 13.2 Å². The number of nitrogens with zero attached hydrogens (tertiary/aromatic N) is 3. The normalized spacial score (nSPS) is 18.2. The molecule has 1 aliphatic heterocycles. The van der Waals surface area contributed by atoms with Crippen molar-refractivity contribution in [2.45, 2.75) is 30.6 Å². The monoisotopic (exact) mass is 377 g/mol. The van der Waals surface area contributed by atoms with Crippen LogP contribution in [0.2, 0.25) is 0 Å². The van der Waals surface area contributed by atoms with E-state index in [2.05, 4.69) is 20.9 Å². The zero-order valence-corrected chi connectivity index (χ0v) is 15.7. The molecule has 0 radical (unpaired) electrons. The number of piperidine rings is 1. The lowest BCUT2D eigenvalue weighted by Crippen LogP contribution is -2.57. The van der Waals surface area contributed by atoms with Gasteiger partial charge in [0.15, 0.2) is 14.6 Å². The van der Waals surface area contributed by atoms with Crippen LogP contribution in [0.4, 0.5) is 0 Å². The van der Waals surface area contributed by atoms with Crippen LogP contribution in [-0.2, 0) is 14.6 Å². The Kier molecular flexibility index (Phi) is 5.10. The number of carbonyl (C=O) groups is 1. The number of aromatic nitrogens is 3. The zero-order chi connectivity index (χ0) is 18.8. The maximum atomic E-state index is 12.9. The third kappa shape index (κ3) is 3.49. The molecular weight excluding hydrogens is 354 g/mol. The van der Waals surface area contributed by atoms with Gasteiger partial charge in [-0.05, 0) is 45.0 Å². The van der Waals surface area contributed by atoms with E-state index >= 15 is 0 Å². The quantitative estimate of drug-likeness (QED) is 0.791. The second-order valence-electron chi connectivity index (χ2n) is 6.64. The molecule has 0 aliphatic carbocycles. The summed E-state index contributed by atoms with van der Waals surface area (Å²) in [5, 5.41) is 14.1. The second kappa shape index (κ2) is 7.16. The van der Waals surface area contributed by atoms with Crippen molar-refractivity contribution in [2.24, 2.45) is 0 Å². The minimum Gasteiger partial charge on any atom is -0.346 e. The van der Waals surface area contributed by atoms with Crippen molar-refractivity contribution in [2.75, 3.05) is 19.3 Å². The average Bonchev–Trinajstić information content (AvgIpc) is 3.12. The standard InChI is InChI=1S/C17H23N5O3S/c1-13(15-12-22(21-20-15)14-6-4-3-5-7-14)19-16(23)17(26(2,24)25)8-10-18-11-9-17/h3-7,12-13,18H,8-11H2,1-2H3,(H,19,23). The van der Waals surface area contributed by atoms with Crippen LogP contribution >= 0.6 is 0 Å². The summed E-state index contributed by atoms with van der Waals surface area (Å²) in [4.78, 5) is 12.9. The first kappa shape index (κ1) is 18.5. The lowest BCUT2D eigenvalue weighted by Gasteiger charge is -2.35. The van der Waals surface area contributed by atoms with Crippen molar-refractivity contribution in [1.29, 1.82) is 0 Å². The number of benzene rings is 1. The highest BCUT2D eigenvalue weighted by molar-refractivity contribution is 7.92. The van der Waals surface area contributed by atoms with E-state index in [0.717, 1.165) is 11.9 Å². The van der Waals surface area contributed by atoms with Gasteiger partial charge < -0.3 is 10.6 Å². The molecule has 2 heterocycles. The van der Waals surface area contributed by atoms with Gasteiger partial charge in [0.05, 0.1) is 17.9 Å². The van der Waals surface area contributed by atoms with E-state index in [-0.39, 0.29) is 12.8 Å². The molecule has 1 fully saturated rings. The summed E-state index contributed by atoms with van der Waals surface area (Å²) in [7, 11) is -3.55. The molecule has 3 rings (SSSR count). The highest BCUT2D eigenvalue weighted by atomic mass is 32.2. The molecule has 1 aliphatic rings. The van der Waals surface area contributed by atoms with Gasteiger partial charge in [0.2, 0.25) is 5.91 Å². The number of rotatable bonds is 5. The molecular formula is C17H23N5O3S. The van der Waals surface area contributed by atoms with Gasteiger partial charge in [-0.3, -0.25) is 4.79 Å². The third-order valence-electron chi connectivity index (χ3n) is 4.86. The van der Waals surface area contributed by atoms with Gasteiger partial charge in [-0.1, -0.05) is 23.4 Å². The van der Waals surface area contributed by atoms with E-state index in [1.807, 2.05) is 30.3 Å². The SMILES string of the molecule is CC(NC(=O)C1(S(C)(=O)=O)CCNCC1)c1cn(-c2ccccc2)nn1. The second-order valence-corrected chi connectivity index (χ2v) is 8.96. The first-order chi connectivity index (χ1) is 12.3. The zero-order valence-electron chi connectivity index (χ0n) is 14.8. The summed E-state index contributed by atoms with van der Waals surface area (Å²) in [6.07, 6.45) is 3.40. The van der Waals surface area contributed by atoms with Crippen LogP contribution in [-0.4, -0.2) is 53.4 Å². The molecule has 8 nitrogen and oxygen atoms in total. The molecule has 2 N–H and O–H groups in total. The molecule has 0 spiro atoms. The highest BCUT2D eigenvalue weighted by Crippen LogP contribution is 2.29. The maximum Gasteiger partial charge on any atom is 0.242 e. The minimum absolute atomic E-state index is 0.265. The summed E-state index contributed by atoms with van der Waals surface area (Å²) in [5.41, 5.74) is 1.43. The van der Waals surface area contributed by atoms with E-state index < -0.39 is 26.5 Å². The van der Waals surface area contributed by atoms with E-state index in [0.29, 0.717) is 18.8 Å². The average molecular weight is 377 g/mol. The topological polar surface area (TPSA) is 106 Å². The summed E-state index contributed by atoms with van der Waals surface area (Å²) < 4.78 is 24.9. The van der Waals surface area contributed by atoms with Crippen molar-refractivity contribution in [3.05, 3.63) is 42.2 Å². The van der Waals surface area contributed by atoms with Crippen molar-refractivity contribution in [1.82, 2.24) is 25.6 Å². The summed E-state index contributed by atoms with van der Waals surface area (Å²) >= 11 is 0. The molecule has 140 valence electrons. The Hall–Kier alpha value is -2.26. The molecule has 1 aromatic heterocycles. The Morgan fingerprint density at radius 1 is 1.27 bits per heavy atom. The first-order valence-corrected chi connectivity index (χ1v) is 10.4. The number of hydrogen-bond acceptors (Lipinski definition) is 6. The first-order valence-electron chi connectivity index (χ1n) is 8.52. The molecule has 1 amide bonds. The van der Waals surface area contributed by atoms with Crippen LogP contribution in [0.5, 0.6) is 0 Å². The fraction of sp³-hybridized carbons (Fsp3) is 0.471. The third-order valence-corrected chi connectivity index (χ3v) is 6.87. The fourth-order valence-electron chi connectivity index (χ4n) is 3.18. The van der Waals surface area contributed by atoms with Crippen LogP contribution in [0.1, 0.15) is 31.5 Å². The molecule has 1 aromatic carbocycles. The van der Waals surface area contributed by atoms with Gasteiger partial charge >= 0.3 is 0 Å². The molecule has 9 heteroatoms. The lowest BCUT2D eigenvalue weighted by molar-refractivity contribution is -0.125. The maximum absolute atomic E-state index is 12.9. The van der Waals surface area contributed by atoms with Gasteiger partial charge in [0, 0.05) is 6.26 Å². The largest absolute Gasteiger partial charge is 0.346 e. The number of para-hydroxylation sites is 1. The number of amides is 1. The summed E-state index contributed by atoms with van der Waals surface area (Å²) in [6, 6.07) is 9.05. The van der Waals surface area contributed by atoms with Crippen molar-refractivity contribution in [3.63, 3.8) is 0 Å². The van der Waals surface area contributed by atoms with E-state index in [1.54, 1.807) is 17.8 Å². The summed E-state index contributed by atoms with van der Waals surface area (Å²) in [5.74, 6) is -0.469. The van der Waals surface area contributed by atoms with Crippen LogP contribution in [0.3, 0.4) is 0 Å². The van der Waals surface area contributed by atoms with E-state index in [1.165, 1.54) is 0 Å². The number of carbonyl (C=O) groups excluding carboxylic acids is 1. The summed E-state index contributed by atoms with van der Waals surface area (Å²) in [6.45, 7) is 2.77. The Labute approximate surface area is 152 Å². The number of nitrogens with one attached hydrogen (secondary N) is 2. The van der Waals surface area contributed by atoms with Crippen LogP contribution in [0.15, 0.2) is 36.5 Å².